The maximum atomic E-state index is 1.91. The smallest absolute Gasteiger partial charge is 0.0169 e. The third-order valence-electron chi connectivity index (χ3n) is 3.76. The van der Waals surface area contributed by atoms with Gasteiger partial charge in [-0.05, 0) is 50.4 Å². The number of hydrogen-bond acceptors (Lipinski definition) is 0. The first kappa shape index (κ1) is 7.35. The van der Waals surface area contributed by atoms with E-state index in [2.05, 4.69) is 0 Å². The lowest BCUT2D eigenvalue weighted by molar-refractivity contribution is 0.411. The molecule has 11 heavy (non-hydrogen) atoms. The van der Waals surface area contributed by atoms with Crippen molar-refractivity contribution in [3.63, 3.8) is 0 Å². The second-order valence-corrected chi connectivity index (χ2v) is 4.13. The molecule has 0 heterocycles. The molecule has 62 valence electrons. The zero-order valence-electron chi connectivity index (χ0n) is 6.90. The fourth-order valence-corrected chi connectivity index (χ4v) is 3.35. The largest absolute Gasteiger partial charge is 0.412 e. The van der Waals surface area contributed by atoms with Crippen LogP contribution in [0.1, 0.15) is 38.5 Å². The molecule has 0 spiro atoms. The lowest BCUT2D eigenvalue weighted by atomic mass is 9.89. The third kappa shape index (κ3) is 0.807. The topological polar surface area (TPSA) is 31.5 Å². The average Bonchev–Trinajstić information content (AvgIpc) is 2.60. The van der Waals surface area contributed by atoms with Crippen LogP contribution in [0.15, 0.2) is 11.1 Å². The standard InChI is InChI=1S/C10H14.H2O/c1-2-9-7-4-5-8(6-7)10(9)3-1;/h7,9H,1-6H2;1H2. The van der Waals surface area contributed by atoms with Crippen LogP contribution in [-0.2, 0) is 0 Å². The Kier molecular flexibility index (Phi) is 1.57. The molecule has 2 bridgehead atoms. The van der Waals surface area contributed by atoms with E-state index in [0.29, 0.717) is 0 Å². The maximum Gasteiger partial charge on any atom is -0.0169 e. The first-order valence-electron chi connectivity index (χ1n) is 4.66. The highest BCUT2D eigenvalue weighted by molar-refractivity contribution is 5.31. The number of allylic oxidation sites excluding steroid dienone is 2. The Morgan fingerprint density at radius 2 is 2.00 bits per heavy atom. The van der Waals surface area contributed by atoms with Crippen LogP contribution < -0.4 is 0 Å². The minimum atomic E-state index is 0. The molecule has 0 aromatic rings. The van der Waals surface area contributed by atoms with E-state index < -0.39 is 0 Å². The predicted octanol–water partition coefficient (Wildman–Crippen LogP) is 2.07. The minimum absolute atomic E-state index is 0. The molecule has 2 N–H and O–H groups in total. The molecule has 2 fully saturated rings. The Hall–Kier alpha value is -0.300. The van der Waals surface area contributed by atoms with Gasteiger partial charge in [0, 0.05) is 0 Å². The van der Waals surface area contributed by atoms with Crippen LogP contribution >= 0.6 is 0 Å². The first-order valence-corrected chi connectivity index (χ1v) is 4.66. The van der Waals surface area contributed by atoms with E-state index in [1.807, 2.05) is 11.1 Å². The van der Waals surface area contributed by atoms with Gasteiger partial charge < -0.3 is 5.48 Å². The van der Waals surface area contributed by atoms with Gasteiger partial charge >= 0.3 is 0 Å². The van der Waals surface area contributed by atoms with Crippen molar-refractivity contribution in [2.24, 2.45) is 11.8 Å². The Bertz CT molecular complexity index is 205. The van der Waals surface area contributed by atoms with Crippen LogP contribution in [0.25, 0.3) is 0 Å². The molecule has 0 radical (unpaired) electrons. The quantitative estimate of drug-likeness (QED) is 0.476. The van der Waals surface area contributed by atoms with Crippen LogP contribution in [0.2, 0.25) is 0 Å². The van der Waals surface area contributed by atoms with Gasteiger partial charge in [0.25, 0.3) is 0 Å². The van der Waals surface area contributed by atoms with E-state index in [9.17, 15) is 0 Å². The molecular weight excluding hydrogens is 136 g/mol. The summed E-state index contributed by atoms with van der Waals surface area (Å²) in [5.74, 6) is 2.20. The predicted molar refractivity (Wildman–Crippen MR) is 45.3 cm³/mol. The molecule has 0 saturated heterocycles. The van der Waals surface area contributed by atoms with E-state index in [1.54, 1.807) is 0 Å². The van der Waals surface area contributed by atoms with Crippen molar-refractivity contribution in [3.8, 4) is 0 Å². The summed E-state index contributed by atoms with van der Waals surface area (Å²) in [5, 5.41) is 0. The van der Waals surface area contributed by atoms with Gasteiger partial charge in [-0.3, -0.25) is 0 Å². The van der Waals surface area contributed by atoms with E-state index in [4.69, 9.17) is 0 Å². The van der Waals surface area contributed by atoms with E-state index in [0.717, 1.165) is 11.8 Å². The summed E-state index contributed by atoms with van der Waals surface area (Å²) in [4.78, 5) is 0. The molecule has 2 saturated carbocycles. The van der Waals surface area contributed by atoms with Crippen LogP contribution in [0.4, 0.5) is 0 Å². The van der Waals surface area contributed by atoms with Crippen molar-refractivity contribution < 1.29 is 5.48 Å². The molecule has 0 aliphatic heterocycles. The fraction of sp³-hybridized carbons (Fsp3) is 0.800. The Morgan fingerprint density at radius 3 is 2.82 bits per heavy atom. The summed E-state index contributed by atoms with van der Waals surface area (Å²) >= 11 is 0. The molecule has 0 aromatic heterocycles. The lowest BCUT2D eigenvalue weighted by Crippen LogP contribution is -2.06. The first-order chi connectivity index (χ1) is 4.95. The summed E-state index contributed by atoms with van der Waals surface area (Å²) in [6, 6.07) is 0. The number of rotatable bonds is 0. The fourth-order valence-electron chi connectivity index (χ4n) is 3.35. The summed E-state index contributed by atoms with van der Waals surface area (Å²) < 4.78 is 0. The van der Waals surface area contributed by atoms with Crippen molar-refractivity contribution in [2.75, 3.05) is 0 Å². The highest BCUT2D eigenvalue weighted by Gasteiger charge is 2.40. The highest BCUT2D eigenvalue weighted by atomic mass is 16.0. The van der Waals surface area contributed by atoms with Gasteiger partial charge in [-0.25, -0.2) is 0 Å². The zero-order valence-corrected chi connectivity index (χ0v) is 6.90. The van der Waals surface area contributed by atoms with Crippen molar-refractivity contribution >= 4 is 0 Å². The lowest BCUT2D eigenvalue weighted by Gasteiger charge is -2.16. The van der Waals surface area contributed by atoms with Crippen LogP contribution in [0, 0.1) is 11.8 Å². The summed E-state index contributed by atoms with van der Waals surface area (Å²) in [6.45, 7) is 0. The molecule has 0 amide bonds. The van der Waals surface area contributed by atoms with Gasteiger partial charge in [0.1, 0.15) is 0 Å². The van der Waals surface area contributed by atoms with Crippen LogP contribution in [0.3, 0.4) is 0 Å². The molecule has 3 aliphatic carbocycles. The Balaban J connectivity index is 0.000000480. The van der Waals surface area contributed by atoms with E-state index in [-0.39, 0.29) is 5.48 Å². The van der Waals surface area contributed by atoms with Gasteiger partial charge in [-0.1, -0.05) is 11.1 Å². The monoisotopic (exact) mass is 152 g/mol. The summed E-state index contributed by atoms with van der Waals surface area (Å²) in [6.07, 6.45) is 9.00. The summed E-state index contributed by atoms with van der Waals surface area (Å²) in [7, 11) is 0. The van der Waals surface area contributed by atoms with Crippen LogP contribution in [0.5, 0.6) is 0 Å². The molecule has 2 atom stereocenters. The number of hydrogen-bond donors (Lipinski definition) is 0. The Morgan fingerprint density at radius 1 is 1.09 bits per heavy atom. The van der Waals surface area contributed by atoms with Gasteiger partial charge in [0.2, 0.25) is 0 Å². The molecule has 2 unspecified atom stereocenters. The SMILES string of the molecule is C1CC2=C3CCC(C3)C2C1.O. The summed E-state index contributed by atoms with van der Waals surface area (Å²) in [5.41, 5.74) is 3.80. The molecule has 3 aliphatic rings. The second kappa shape index (κ2) is 2.34. The van der Waals surface area contributed by atoms with E-state index >= 15 is 0 Å². The molecule has 1 nitrogen and oxygen atoms in total. The van der Waals surface area contributed by atoms with Gasteiger partial charge in [0.15, 0.2) is 0 Å². The molecule has 1 heteroatoms. The van der Waals surface area contributed by atoms with Crippen molar-refractivity contribution in [3.05, 3.63) is 11.1 Å². The minimum Gasteiger partial charge on any atom is -0.412 e. The highest BCUT2D eigenvalue weighted by Crippen LogP contribution is 2.54. The Labute approximate surface area is 67.8 Å². The molecule has 0 aromatic carbocycles. The second-order valence-electron chi connectivity index (χ2n) is 4.13. The van der Waals surface area contributed by atoms with Crippen molar-refractivity contribution in [2.45, 2.75) is 38.5 Å². The molecule has 3 rings (SSSR count). The van der Waals surface area contributed by atoms with Crippen molar-refractivity contribution in [1.29, 1.82) is 0 Å². The van der Waals surface area contributed by atoms with Gasteiger partial charge in [0.05, 0.1) is 0 Å². The van der Waals surface area contributed by atoms with Gasteiger partial charge in [-0.2, -0.15) is 0 Å². The molecular formula is C10H16O. The van der Waals surface area contributed by atoms with Gasteiger partial charge in [-0.15, -0.1) is 0 Å². The maximum absolute atomic E-state index is 1.91. The normalized spacial score (nSPS) is 39.3. The third-order valence-corrected chi connectivity index (χ3v) is 3.76. The van der Waals surface area contributed by atoms with E-state index in [1.165, 1.54) is 38.5 Å². The number of fused-ring (bicyclic) bond motifs is 4. The van der Waals surface area contributed by atoms with Crippen molar-refractivity contribution in [1.82, 2.24) is 0 Å². The average molecular weight is 152 g/mol. The van der Waals surface area contributed by atoms with Crippen LogP contribution in [-0.4, -0.2) is 5.48 Å². The zero-order chi connectivity index (χ0) is 6.55.